The van der Waals surface area contributed by atoms with Crippen molar-refractivity contribution in [1.82, 2.24) is 9.88 Å². The molecule has 1 aromatic heterocycles. The highest BCUT2D eigenvalue weighted by molar-refractivity contribution is 7.11. The van der Waals surface area contributed by atoms with Crippen LogP contribution in [0.1, 0.15) is 22.0 Å². The smallest absolute Gasteiger partial charge is 0.326 e. The Morgan fingerprint density at radius 1 is 1.50 bits per heavy atom. The van der Waals surface area contributed by atoms with Gasteiger partial charge in [-0.05, 0) is 13.3 Å². The third kappa shape index (κ3) is 3.57. The third-order valence-electron chi connectivity index (χ3n) is 2.75. The summed E-state index contributed by atoms with van der Waals surface area (Å²) >= 11 is 1.12. The first-order chi connectivity index (χ1) is 7.86. The van der Waals surface area contributed by atoms with Crippen molar-refractivity contribution in [3.63, 3.8) is 0 Å². The maximum absolute atomic E-state index is 12.7. The van der Waals surface area contributed by atoms with Crippen molar-refractivity contribution in [3.8, 4) is 0 Å². The molecule has 1 fully saturated rings. The lowest BCUT2D eigenvalue weighted by atomic mass is 10.3. The Bertz CT molecular complexity index is 408. The van der Waals surface area contributed by atoms with Gasteiger partial charge in [0.2, 0.25) is 0 Å². The molecule has 2 N–H and O–H groups in total. The maximum atomic E-state index is 12.7. The minimum atomic E-state index is -4.36. The number of nitrogens with zero attached hydrogens (tertiary/aromatic N) is 2. The molecule has 1 saturated heterocycles. The van der Waals surface area contributed by atoms with Crippen molar-refractivity contribution in [2.24, 2.45) is 5.73 Å². The van der Waals surface area contributed by atoms with E-state index in [1.165, 1.54) is 0 Å². The molecule has 104 valence electrons. The summed E-state index contributed by atoms with van der Waals surface area (Å²) in [5.41, 5.74) is 5.00. The van der Waals surface area contributed by atoms with Crippen molar-refractivity contribution in [2.75, 3.05) is 13.1 Å². The van der Waals surface area contributed by atoms with Gasteiger partial charge in [0, 0.05) is 25.7 Å². The van der Waals surface area contributed by atoms with E-state index in [0.29, 0.717) is 23.0 Å². The molecule has 0 amide bonds. The zero-order chi connectivity index (χ0) is 12.6. The normalized spacial score (nSPS) is 21.1. The van der Waals surface area contributed by atoms with E-state index in [2.05, 4.69) is 4.98 Å². The number of thiazole rings is 1. The SMILES string of the molecule is Cc1nc(C(F)(F)F)c(CN2CC[C@@H](N)C2)s1.Cl. The van der Waals surface area contributed by atoms with Crippen LogP contribution in [0.25, 0.3) is 0 Å². The van der Waals surface area contributed by atoms with Crippen LogP contribution in [0.3, 0.4) is 0 Å². The number of aromatic nitrogens is 1. The van der Waals surface area contributed by atoms with E-state index in [4.69, 9.17) is 5.73 Å². The third-order valence-corrected chi connectivity index (χ3v) is 3.70. The van der Waals surface area contributed by atoms with Gasteiger partial charge in [-0.25, -0.2) is 4.98 Å². The zero-order valence-corrected chi connectivity index (χ0v) is 11.5. The number of rotatable bonds is 2. The second kappa shape index (κ2) is 5.73. The minimum absolute atomic E-state index is 0. The second-order valence-corrected chi connectivity index (χ2v) is 5.57. The van der Waals surface area contributed by atoms with Gasteiger partial charge in [0.1, 0.15) is 0 Å². The summed E-state index contributed by atoms with van der Waals surface area (Å²) in [5.74, 6) is 0. The summed E-state index contributed by atoms with van der Waals surface area (Å²) in [6, 6.07) is 0.0818. The molecular weight excluding hydrogens is 287 g/mol. The van der Waals surface area contributed by atoms with Gasteiger partial charge in [-0.15, -0.1) is 23.7 Å². The van der Waals surface area contributed by atoms with E-state index in [1.807, 2.05) is 4.90 Å². The van der Waals surface area contributed by atoms with E-state index >= 15 is 0 Å². The summed E-state index contributed by atoms with van der Waals surface area (Å²) < 4.78 is 38.1. The predicted octanol–water partition coefficient (Wildman–Crippen LogP) is 2.43. The van der Waals surface area contributed by atoms with Gasteiger partial charge in [0.15, 0.2) is 5.69 Å². The monoisotopic (exact) mass is 301 g/mol. The zero-order valence-electron chi connectivity index (χ0n) is 9.83. The summed E-state index contributed by atoms with van der Waals surface area (Å²) in [6.07, 6.45) is -3.51. The van der Waals surface area contributed by atoms with Crippen LogP contribution >= 0.6 is 23.7 Å². The van der Waals surface area contributed by atoms with Crippen LogP contribution in [0, 0.1) is 6.92 Å². The quantitative estimate of drug-likeness (QED) is 0.912. The van der Waals surface area contributed by atoms with E-state index in [9.17, 15) is 13.2 Å². The molecule has 0 saturated carbocycles. The van der Waals surface area contributed by atoms with Crippen molar-refractivity contribution in [3.05, 3.63) is 15.6 Å². The Labute approximate surface area is 114 Å². The molecule has 1 aliphatic heterocycles. The molecule has 0 bridgehead atoms. The Morgan fingerprint density at radius 2 is 2.17 bits per heavy atom. The van der Waals surface area contributed by atoms with Crippen LogP contribution < -0.4 is 5.73 Å². The number of likely N-dealkylation sites (tertiary alicyclic amines) is 1. The van der Waals surface area contributed by atoms with Gasteiger partial charge in [-0.2, -0.15) is 13.2 Å². The molecule has 2 rings (SSSR count). The highest BCUT2D eigenvalue weighted by atomic mass is 35.5. The van der Waals surface area contributed by atoms with Crippen molar-refractivity contribution >= 4 is 23.7 Å². The van der Waals surface area contributed by atoms with Crippen molar-refractivity contribution in [2.45, 2.75) is 32.1 Å². The summed E-state index contributed by atoms with van der Waals surface area (Å²) in [7, 11) is 0. The Kier molecular flexibility index (Phi) is 4.99. The topological polar surface area (TPSA) is 42.2 Å². The highest BCUT2D eigenvalue weighted by Gasteiger charge is 2.37. The number of hydrogen-bond donors (Lipinski definition) is 1. The molecule has 2 heterocycles. The van der Waals surface area contributed by atoms with Gasteiger partial charge in [-0.1, -0.05) is 0 Å². The van der Waals surface area contributed by atoms with Crippen LogP contribution in [0.2, 0.25) is 0 Å². The average Bonchev–Trinajstić information content (AvgIpc) is 2.72. The molecule has 0 unspecified atom stereocenters. The van der Waals surface area contributed by atoms with Crippen LogP contribution in [-0.2, 0) is 12.7 Å². The molecule has 0 radical (unpaired) electrons. The number of nitrogens with two attached hydrogens (primary N) is 1. The predicted molar refractivity (Wildman–Crippen MR) is 67.0 cm³/mol. The Morgan fingerprint density at radius 3 is 2.67 bits per heavy atom. The van der Waals surface area contributed by atoms with Gasteiger partial charge in [-0.3, -0.25) is 4.90 Å². The van der Waals surface area contributed by atoms with Crippen molar-refractivity contribution < 1.29 is 13.2 Å². The standard InChI is InChI=1S/C10H14F3N3S.ClH/c1-6-15-9(10(11,12)13)8(17-6)5-16-3-2-7(14)4-16;/h7H,2-5,14H2,1H3;1H/t7-;/m1./s1. The average molecular weight is 302 g/mol. The molecule has 18 heavy (non-hydrogen) atoms. The molecule has 3 nitrogen and oxygen atoms in total. The maximum Gasteiger partial charge on any atom is 0.434 e. The number of halogens is 4. The summed E-state index contributed by atoms with van der Waals surface area (Å²) in [4.78, 5) is 5.83. The van der Waals surface area contributed by atoms with Crippen LogP contribution in [0.4, 0.5) is 13.2 Å². The first kappa shape index (κ1) is 15.7. The Balaban J connectivity index is 0.00000162. The fourth-order valence-corrected chi connectivity index (χ4v) is 3.01. The highest BCUT2D eigenvalue weighted by Crippen LogP contribution is 2.35. The van der Waals surface area contributed by atoms with E-state index in [1.54, 1.807) is 6.92 Å². The fourth-order valence-electron chi connectivity index (χ4n) is 2.01. The summed E-state index contributed by atoms with van der Waals surface area (Å²) in [5, 5.41) is 0.454. The van der Waals surface area contributed by atoms with E-state index < -0.39 is 11.9 Å². The van der Waals surface area contributed by atoms with Crippen LogP contribution in [-0.4, -0.2) is 29.0 Å². The van der Waals surface area contributed by atoms with Crippen molar-refractivity contribution in [1.29, 1.82) is 0 Å². The first-order valence-electron chi connectivity index (χ1n) is 5.37. The minimum Gasteiger partial charge on any atom is -0.326 e. The summed E-state index contributed by atoms with van der Waals surface area (Å²) in [6.45, 7) is 3.32. The molecule has 8 heteroatoms. The molecule has 0 aliphatic carbocycles. The van der Waals surface area contributed by atoms with Gasteiger partial charge in [0.25, 0.3) is 0 Å². The molecule has 1 aromatic rings. The molecule has 1 aliphatic rings. The number of hydrogen-bond acceptors (Lipinski definition) is 4. The lowest BCUT2D eigenvalue weighted by Crippen LogP contribution is -2.26. The molecule has 1 atom stereocenters. The first-order valence-corrected chi connectivity index (χ1v) is 6.19. The lowest BCUT2D eigenvalue weighted by molar-refractivity contribution is -0.141. The van der Waals surface area contributed by atoms with Gasteiger partial charge in [0.05, 0.1) is 9.88 Å². The number of aryl methyl sites for hydroxylation is 1. The van der Waals surface area contributed by atoms with Crippen LogP contribution in [0.15, 0.2) is 0 Å². The van der Waals surface area contributed by atoms with E-state index in [0.717, 1.165) is 24.3 Å². The lowest BCUT2D eigenvalue weighted by Gasteiger charge is -2.15. The molecule has 0 spiro atoms. The van der Waals surface area contributed by atoms with Gasteiger partial charge < -0.3 is 5.73 Å². The molecule has 0 aromatic carbocycles. The number of alkyl halides is 3. The Hall–Kier alpha value is -0.370. The second-order valence-electron chi connectivity index (χ2n) is 4.29. The fraction of sp³-hybridized carbons (Fsp3) is 0.700. The molecular formula is C10H15ClF3N3S. The van der Waals surface area contributed by atoms with Crippen LogP contribution in [0.5, 0.6) is 0 Å². The van der Waals surface area contributed by atoms with E-state index in [-0.39, 0.29) is 18.4 Å². The largest absolute Gasteiger partial charge is 0.434 e. The van der Waals surface area contributed by atoms with Gasteiger partial charge >= 0.3 is 6.18 Å².